The molecule has 0 spiro atoms. The van der Waals surface area contributed by atoms with Crippen molar-refractivity contribution < 1.29 is 9.59 Å². The number of anilines is 2. The first-order chi connectivity index (χ1) is 15.2. The van der Waals surface area contributed by atoms with Crippen molar-refractivity contribution in [3.05, 3.63) is 119 Å². The first kappa shape index (κ1) is 18.6. The SMILES string of the molecule is O=C1C(=CC2=CC=C(N3c4ccccc4[Te]c4ccccc43)C2)C(=O)c2ccccc21. The van der Waals surface area contributed by atoms with Gasteiger partial charge in [-0.3, -0.25) is 0 Å². The number of hydrogen-bond acceptors (Lipinski definition) is 3. The van der Waals surface area contributed by atoms with Gasteiger partial charge in [-0.2, -0.15) is 0 Å². The predicted octanol–water partition coefficient (Wildman–Crippen LogP) is 4.01. The summed E-state index contributed by atoms with van der Waals surface area (Å²) in [6, 6.07) is 24.3. The Balaban J connectivity index is 1.33. The monoisotopic (exact) mass is 517 g/mol. The molecule has 0 radical (unpaired) electrons. The second kappa shape index (κ2) is 7.20. The van der Waals surface area contributed by atoms with Crippen LogP contribution in [0.3, 0.4) is 0 Å². The fourth-order valence-electron chi connectivity index (χ4n) is 4.39. The Kier molecular flexibility index (Phi) is 4.31. The van der Waals surface area contributed by atoms with Crippen LogP contribution >= 0.6 is 0 Å². The van der Waals surface area contributed by atoms with E-state index in [0.29, 0.717) is 17.5 Å². The molecule has 1 heterocycles. The third-order valence-electron chi connectivity index (χ3n) is 5.83. The quantitative estimate of drug-likeness (QED) is 0.294. The van der Waals surface area contributed by atoms with E-state index in [1.54, 1.807) is 30.3 Å². The first-order valence-corrected chi connectivity index (χ1v) is 12.5. The van der Waals surface area contributed by atoms with E-state index in [0.717, 1.165) is 11.3 Å². The van der Waals surface area contributed by atoms with E-state index in [-0.39, 0.29) is 17.1 Å². The second-order valence-corrected chi connectivity index (χ2v) is 10.8. The van der Waals surface area contributed by atoms with Crippen LogP contribution in [0, 0.1) is 0 Å². The standard InChI is InChI=1S/C27H17NO2Te/c29-26-19-7-1-2-8-20(19)27(30)21(26)16-17-13-14-18(15-17)28-22-9-3-5-11-24(22)31-25-12-6-4-10-23(25)28/h1-14,16H,15H2. The summed E-state index contributed by atoms with van der Waals surface area (Å²) in [4.78, 5) is 27.9. The number of rotatable bonds is 2. The van der Waals surface area contributed by atoms with E-state index in [4.69, 9.17) is 0 Å². The van der Waals surface area contributed by atoms with Gasteiger partial charge in [-0.25, -0.2) is 0 Å². The molecular weight excluding hydrogens is 498 g/mol. The van der Waals surface area contributed by atoms with Crippen LogP contribution in [0.4, 0.5) is 11.4 Å². The average Bonchev–Trinajstić information content (AvgIpc) is 3.36. The van der Waals surface area contributed by atoms with Crippen LogP contribution in [0.1, 0.15) is 27.1 Å². The summed E-state index contributed by atoms with van der Waals surface area (Å²) in [6.07, 6.45) is 6.61. The van der Waals surface area contributed by atoms with Gasteiger partial charge in [0.15, 0.2) is 0 Å². The number of benzene rings is 3. The van der Waals surface area contributed by atoms with E-state index >= 15 is 0 Å². The fraction of sp³-hybridized carbons (Fsp3) is 0.0370. The van der Waals surface area contributed by atoms with Gasteiger partial charge in [-0.05, 0) is 0 Å². The van der Waals surface area contributed by atoms with Crippen molar-refractivity contribution in [2.75, 3.05) is 4.90 Å². The molecular formula is C27H17NO2Te. The number of Topliss-reactive ketones (excluding diaryl/α,β-unsaturated/α-hetero) is 2. The van der Waals surface area contributed by atoms with E-state index in [1.807, 2.05) is 6.08 Å². The molecule has 0 aromatic heterocycles. The molecule has 0 atom stereocenters. The topological polar surface area (TPSA) is 37.4 Å². The second-order valence-electron chi connectivity index (χ2n) is 7.71. The molecule has 0 saturated carbocycles. The summed E-state index contributed by atoms with van der Waals surface area (Å²) < 4.78 is 2.85. The molecule has 3 aromatic rings. The zero-order valence-corrected chi connectivity index (χ0v) is 18.9. The van der Waals surface area contributed by atoms with Crippen LogP contribution < -0.4 is 12.1 Å². The van der Waals surface area contributed by atoms with Crippen molar-refractivity contribution >= 4 is 51.1 Å². The summed E-state index contributed by atoms with van der Waals surface area (Å²) in [5.41, 5.74) is 5.93. The van der Waals surface area contributed by atoms with E-state index in [9.17, 15) is 9.59 Å². The summed E-state index contributed by atoms with van der Waals surface area (Å²) in [5.74, 6) is -0.344. The van der Waals surface area contributed by atoms with Crippen LogP contribution in [0.5, 0.6) is 0 Å². The van der Waals surface area contributed by atoms with Crippen molar-refractivity contribution in [2.24, 2.45) is 0 Å². The molecule has 1 aliphatic heterocycles. The molecule has 6 rings (SSSR count). The molecule has 2 aliphatic carbocycles. The van der Waals surface area contributed by atoms with Gasteiger partial charge >= 0.3 is 191 Å². The number of carbonyl (C=O) groups is 2. The summed E-state index contributed by atoms with van der Waals surface area (Å²) in [5, 5.41) is 0. The normalized spacial score (nSPS) is 16.5. The van der Waals surface area contributed by atoms with Crippen molar-refractivity contribution in [1.29, 1.82) is 0 Å². The van der Waals surface area contributed by atoms with Crippen molar-refractivity contribution in [2.45, 2.75) is 6.42 Å². The third-order valence-corrected chi connectivity index (χ3v) is 9.06. The van der Waals surface area contributed by atoms with Crippen LogP contribution in [-0.4, -0.2) is 32.5 Å². The maximum atomic E-state index is 12.8. The minimum atomic E-state index is -0.423. The zero-order valence-electron chi connectivity index (χ0n) is 16.5. The van der Waals surface area contributed by atoms with E-state index < -0.39 is 20.9 Å². The molecule has 0 N–H and O–H groups in total. The van der Waals surface area contributed by atoms with Gasteiger partial charge in [0.1, 0.15) is 0 Å². The molecule has 148 valence electrons. The van der Waals surface area contributed by atoms with Crippen molar-refractivity contribution in [3.8, 4) is 0 Å². The molecule has 0 amide bonds. The minimum absolute atomic E-state index is 0.172. The molecule has 3 nitrogen and oxygen atoms in total. The molecule has 0 bridgehead atoms. The number of fused-ring (bicyclic) bond motifs is 3. The number of para-hydroxylation sites is 2. The zero-order chi connectivity index (χ0) is 20.9. The van der Waals surface area contributed by atoms with Gasteiger partial charge in [-0.1, -0.05) is 0 Å². The Morgan fingerprint density at radius 1 is 0.710 bits per heavy atom. The number of nitrogens with zero attached hydrogens (tertiary/aromatic N) is 1. The average molecular weight is 515 g/mol. The van der Waals surface area contributed by atoms with Gasteiger partial charge in [-0.15, -0.1) is 0 Å². The maximum absolute atomic E-state index is 12.8. The summed E-state index contributed by atoms with van der Waals surface area (Å²) in [7, 11) is 0. The summed E-state index contributed by atoms with van der Waals surface area (Å²) in [6.45, 7) is 0. The number of carbonyl (C=O) groups excluding carboxylic acids is 2. The Hall–Kier alpha value is -3.19. The molecule has 3 aromatic carbocycles. The van der Waals surface area contributed by atoms with E-state index in [2.05, 4.69) is 59.5 Å². The molecule has 0 unspecified atom stereocenters. The number of ketones is 2. The molecule has 0 fully saturated rings. The Labute approximate surface area is 190 Å². The van der Waals surface area contributed by atoms with Gasteiger partial charge in [0.2, 0.25) is 0 Å². The first-order valence-electron chi connectivity index (χ1n) is 10.2. The van der Waals surface area contributed by atoms with E-state index in [1.165, 1.54) is 18.6 Å². The van der Waals surface area contributed by atoms with Crippen molar-refractivity contribution in [1.82, 2.24) is 0 Å². The Morgan fingerprint density at radius 3 is 1.87 bits per heavy atom. The predicted molar refractivity (Wildman–Crippen MR) is 124 cm³/mol. The Bertz CT molecular complexity index is 1300. The number of hydrogen-bond donors (Lipinski definition) is 0. The number of allylic oxidation sites excluding steroid dienone is 5. The molecule has 31 heavy (non-hydrogen) atoms. The van der Waals surface area contributed by atoms with Gasteiger partial charge < -0.3 is 0 Å². The van der Waals surface area contributed by atoms with Gasteiger partial charge in [0.05, 0.1) is 0 Å². The molecule has 3 aliphatic rings. The van der Waals surface area contributed by atoms with Crippen LogP contribution in [-0.2, 0) is 0 Å². The summed E-state index contributed by atoms with van der Waals surface area (Å²) >= 11 is -0.423. The van der Waals surface area contributed by atoms with Crippen LogP contribution in [0.25, 0.3) is 0 Å². The van der Waals surface area contributed by atoms with Gasteiger partial charge in [0, 0.05) is 0 Å². The van der Waals surface area contributed by atoms with Crippen LogP contribution in [0.15, 0.2) is 108 Å². The van der Waals surface area contributed by atoms with Gasteiger partial charge in [0.25, 0.3) is 0 Å². The van der Waals surface area contributed by atoms with Crippen LogP contribution in [0.2, 0.25) is 0 Å². The molecule has 0 saturated heterocycles. The van der Waals surface area contributed by atoms with Crippen molar-refractivity contribution in [3.63, 3.8) is 0 Å². The molecule has 4 heteroatoms. The fourth-order valence-corrected chi connectivity index (χ4v) is 7.41. The Morgan fingerprint density at radius 2 is 1.26 bits per heavy atom. The third kappa shape index (κ3) is 2.95.